The van der Waals surface area contributed by atoms with Crippen LogP contribution in [0.25, 0.3) is 0 Å². The SMILES string of the molecule is O=C(Cc1ccccc1)c1cc(N2CCC(N3CCCC3)CC2)cc(C(F)(F)F)c1. The summed E-state index contributed by atoms with van der Waals surface area (Å²) >= 11 is 0. The number of anilines is 1. The number of carbonyl (C=O) groups is 1. The van der Waals surface area contributed by atoms with Crippen molar-refractivity contribution in [1.29, 1.82) is 0 Å². The number of halogens is 3. The first-order chi connectivity index (χ1) is 14.4. The molecule has 2 aliphatic rings. The quantitative estimate of drug-likeness (QED) is 0.627. The molecule has 3 nitrogen and oxygen atoms in total. The number of carbonyl (C=O) groups excluding carboxylic acids is 1. The lowest BCUT2D eigenvalue weighted by atomic mass is 9.98. The molecule has 0 saturated carbocycles. The first-order valence-electron chi connectivity index (χ1n) is 10.7. The van der Waals surface area contributed by atoms with Crippen molar-refractivity contribution in [2.75, 3.05) is 31.1 Å². The summed E-state index contributed by atoms with van der Waals surface area (Å²) in [6.45, 7) is 3.70. The van der Waals surface area contributed by atoms with Crippen molar-refractivity contribution < 1.29 is 18.0 Å². The second kappa shape index (κ2) is 8.80. The molecule has 0 bridgehead atoms. The Labute approximate surface area is 175 Å². The molecule has 0 amide bonds. The van der Waals surface area contributed by atoms with Crippen LogP contribution in [0.5, 0.6) is 0 Å². The molecule has 0 aromatic heterocycles. The average Bonchev–Trinajstić information content (AvgIpc) is 3.28. The predicted molar refractivity (Wildman–Crippen MR) is 112 cm³/mol. The molecule has 160 valence electrons. The van der Waals surface area contributed by atoms with Gasteiger partial charge in [0.1, 0.15) is 0 Å². The van der Waals surface area contributed by atoms with Gasteiger partial charge in [0.05, 0.1) is 5.56 Å². The summed E-state index contributed by atoms with van der Waals surface area (Å²) in [5, 5.41) is 0. The third-order valence-electron chi connectivity index (χ3n) is 6.26. The zero-order valence-electron chi connectivity index (χ0n) is 17.0. The van der Waals surface area contributed by atoms with E-state index in [2.05, 4.69) is 4.90 Å². The molecule has 0 atom stereocenters. The van der Waals surface area contributed by atoms with Gasteiger partial charge in [0.2, 0.25) is 0 Å². The fraction of sp³-hybridized carbons (Fsp3) is 0.458. The molecule has 0 radical (unpaired) electrons. The smallest absolute Gasteiger partial charge is 0.371 e. The van der Waals surface area contributed by atoms with Crippen molar-refractivity contribution in [2.24, 2.45) is 0 Å². The first kappa shape index (κ1) is 20.9. The molecular weight excluding hydrogens is 389 g/mol. The van der Waals surface area contributed by atoms with Crippen LogP contribution in [-0.4, -0.2) is 42.9 Å². The van der Waals surface area contributed by atoms with Crippen LogP contribution in [-0.2, 0) is 12.6 Å². The summed E-state index contributed by atoms with van der Waals surface area (Å²) in [7, 11) is 0. The second-order valence-electron chi connectivity index (χ2n) is 8.31. The van der Waals surface area contributed by atoms with Crippen LogP contribution in [0, 0.1) is 0 Å². The highest BCUT2D eigenvalue weighted by Crippen LogP contribution is 2.34. The average molecular weight is 416 g/mol. The maximum Gasteiger partial charge on any atom is 0.416 e. The van der Waals surface area contributed by atoms with Crippen LogP contribution >= 0.6 is 0 Å². The largest absolute Gasteiger partial charge is 0.416 e. The fourth-order valence-electron chi connectivity index (χ4n) is 4.60. The van der Waals surface area contributed by atoms with Crippen LogP contribution in [0.1, 0.15) is 47.2 Å². The standard InChI is InChI=1S/C24H27F3N2O/c25-24(26,27)20-15-19(23(30)14-18-6-2-1-3-7-18)16-22(17-20)29-12-8-21(9-13-29)28-10-4-5-11-28/h1-3,6-7,15-17,21H,4-5,8-14H2. The summed E-state index contributed by atoms with van der Waals surface area (Å²) in [6.07, 6.45) is -0.0151. The Morgan fingerprint density at radius 3 is 2.23 bits per heavy atom. The molecule has 2 fully saturated rings. The monoisotopic (exact) mass is 416 g/mol. The van der Waals surface area contributed by atoms with Gasteiger partial charge in [0, 0.05) is 36.8 Å². The molecule has 2 aromatic rings. The number of rotatable bonds is 5. The lowest BCUT2D eigenvalue weighted by molar-refractivity contribution is -0.137. The van der Waals surface area contributed by atoms with Gasteiger partial charge in [0.25, 0.3) is 0 Å². The van der Waals surface area contributed by atoms with Crippen molar-refractivity contribution in [2.45, 2.75) is 44.3 Å². The predicted octanol–water partition coefficient (Wildman–Crippen LogP) is 5.20. The Morgan fingerprint density at radius 1 is 0.933 bits per heavy atom. The van der Waals surface area contributed by atoms with Crippen LogP contribution in [0.15, 0.2) is 48.5 Å². The van der Waals surface area contributed by atoms with Gasteiger partial charge in [-0.2, -0.15) is 13.2 Å². The highest BCUT2D eigenvalue weighted by Gasteiger charge is 2.33. The number of hydrogen-bond donors (Lipinski definition) is 0. The van der Waals surface area contributed by atoms with Crippen LogP contribution < -0.4 is 4.90 Å². The molecule has 6 heteroatoms. The van der Waals surface area contributed by atoms with Crippen LogP contribution in [0.4, 0.5) is 18.9 Å². The minimum Gasteiger partial charge on any atom is -0.371 e. The molecule has 30 heavy (non-hydrogen) atoms. The van der Waals surface area contributed by atoms with Gasteiger partial charge in [-0.3, -0.25) is 4.79 Å². The molecule has 0 unspecified atom stereocenters. The molecule has 2 saturated heterocycles. The number of benzene rings is 2. The minimum atomic E-state index is -4.48. The highest BCUT2D eigenvalue weighted by molar-refractivity contribution is 5.98. The van der Waals surface area contributed by atoms with Crippen molar-refractivity contribution in [1.82, 2.24) is 4.90 Å². The Balaban J connectivity index is 1.54. The van der Waals surface area contributed by atoms with E-state index in [9.17, 15) is 18.0 Å². The van der Waals surface area contributed by atoms with E-state index in [1.54, 1.807) is 6.07 Å². The minimum absolute atomic E-state index is 0.0959. The third kappa shape index (κ3) is 4.86. The summed E-state index contributed by atoms with van der Waals surface area (Å²) < 4.78 is 40.6. The normalized spacial score (nSPS) is 18.7. The Kier molecular flexibility index (Phi) is 6.14. The number of nitrogens with zero attached hydrogens (tertiary/aromatic N) is 2. The fourth-order valence-corrected chi connectivity index (χ4v) is 4.60. The zero-order chi connectivity index (χ0) is 21.1. The number of Topliss-reactive ketones (excluding diaryl/α,β-unsaturated/α-hetero) is 1. The Hall–Kier alpha value is -2.34. The topological polar surface area (TPSA) is 23.6 Å². The van der Waals surface area contributed by atoms with E-state index >= 15 is 0 Å². The van der Waals surface area contributed by atoms with E-state index in [1.807, 2.05) is 35.2 Å². The first-order valence-corrected chi connectivity index (χ1v) is 10.7. The van der Waals surface area contributed by atoms with E-state index in [1.165, 1.54) is 18.9 Å². The van der Waals surface area contributed by atoms with Crippen LogP contribution in [0.2, 0.25) is 0 Å². The summed E-state index contributed by atoms with van der Waals surface area (Å²) in [4.78, 5) is 17.3. The van der Waals surface area contributed by atoms with Crippen molar-refractivity contribution >= 4 is 11.5 Å². The van der Waals surface area contributed by atoms with Gasteiger partial charge in [-0.1, -0.05) is 30.3 Å². The summed E-state index contributed by atoms with van der Waals surface area (Å²) in [6, 6.07) is 13.5. The van der Waals surface area contributed by atoms with Gasteiger partial charge in [-0.05, 0) is 62.5 Å². The maximum absolute atomic E-state index is 13.5. The summed E-state index contributed by atoms with van der Waals surface area (Å²) in [5.41, 5.74) is 0.678. The molecule has 2 aromatic carbocycles. The molecular formula is C24H27F3N2O. The third-order valence-corrected chi connectivity index (χ3v) is 6.26. The number of piperidine rings is 1. The van der Waals surface area contributed by atoms with Gasteiger partial charge >= 0.3 is 6.18 Å². The van der Waals surface area contributed by atoms with E-state index in [0.29, 0.717) is 11.7 Å². The lowest BCUT2D eigenvalue weighted by Gasteiger charge is -2.38. The molecule has 2 aliphatic heterocycles. The van der Waals surface area contributed by atoms with E-state index in [0.717, 1.165) is 50.7 Å². The molecule has 2 heterocycles. The second-order valence-corrected chi connectivity index (χ2v) is 8.31. The van der Waals surface area contributed by atoms with Gasteiger partial charge < -0.3 is 9.80 Å². The van der Waals surface area contributed by atoms with E-state index < -0.39 is 11.7 Å². The highest BCUT2D eigenvalue weighted by atomic mass is 19.4. The zero-order valence-corrected chi connectivity index (χ0v) is 17.0. The molecule has 0 spiro atoms. The number of hydrogen-bond acceptors (Lipinski definition) is 3. The molecule has 0 N–H and O–H groups in total. The number of likely N-dealkylation sites (tertiary alicyclic amines) is 1. The molecule has 0 aliphatic carbocycles. The lowest BCUT2D eigenvalue weighted by Crippen LogP contribution is -2.44. The van der Waals surface area contributed by atoms with Gasteiger partial charge in [-0.15, -0.1) is 0 Å². The van der Waals surface area contributed by atoms with Gasteiger partial charge in [0.15, 0.2) is 5.78 Å². The van der Waals surface area contributed by atoms with E-state index in [-0.39, 0.29) is 17.8 Å². The number of ketones is 1. The van der Waals surface area contributed by atoms with Crippen molar-refractivity contribution in [3.05, 3.63) is 65.2 Å². The van der Waals surface area contributed by atoms with Gasteiger partial charge in [-0.25, -0.2) is 0 Å². The Morgan fingerprint density at radius 2 is 1.60 bits per heavy atom. The van der Waals surface area contributed by atoms with Crippen molar-refractivity contribution in [3.63, 3.8) is 0 Å². The Bertz CT molecular complexity index is 868. The number of alkyl halides is 3. The maximum atomic E-state index is 13.5. The van der Waals surface area contributed by atoms with Crippen LogP contribution in [0.3, 0.4) is 0 Å². The van der Waals surface area contributed by atoms with Crippen molar-refractivity contribution in [3.8, 4) is 0 Å². The summed E-state index contributed by atoms with van der Waals surface area (Å²) in [5.74, 6) is -0.291. The van der Waals surface area contributed by atoms with E-state index in [4.69, 9.17) is 0 Å². The molecule has 4 rings (SSSR count).